The molecular formula is C18H14F2N2O2. The number of carbonyl (C=O) groups excluding carboxylic acids is 2. The lowest BCUT2D eigenvalue weighted by Gasteiger charge is -2.26. The number of hydrogen-bond acceptors (Lipinski definition) is 4. The van der Waals surface area contributed by atoms with E-state index < -0.39 is 11.6 Å². The number of rotatable bonds is 3. The van der Waals surface area contributed by atoms with Gasteiger partial charge in [-0.2, -0.15) is 0 Å². The lowest BCUT2D eigenvalue weighted by atomic mass is 9.89. The van der Waals surface area contributed by atoms with E-state index in [9.17, 15) is 18.4 Å². The average molecular weight is 328 g/mol. The number of likely N-dealkylation sites (N-methyl/N-ethyl adjacent to an activating group) is 1. The van der Waals surface area contributed by atoms with E-state index in [0.29, 0.717) is 5.56 Å². The molecule has 1 aliphatic rings. The molecule has 0 radical (unpaired) electrons. The highest BCUT2D eigenvalue weighted by Gasteiger charge is 2.33. The molecule has 1 N–H and O–H groups in total. The minimum Gasteiger partial charge on any atom is -0.373 e. The van der Waals surface area contributed by atoms with Crippen LogP contribution in [-0.4, -0.2) is 30.6 Å². The predicted molar refractivity (Wildman–Crippen MR) is 85.8 cm³/mol. The molecule has 0 saturated carbocycles. The Hall–Kier alpha value is -3.02. The second-order valence-corrected chi connectivity index (χ2v) is 5.58. The molecule has 0 aliphatic heterocycles. The zero-order valence-corrected chi connectivity index (χ0v) is 13.1. The van der Waals surface area contributed by atoms with Gasteiger partial charge in [0.15, 0.2) is 11.6 Å². The number of nitrogens with one attached hydrogen (secondary N) is 1. The molecule has 2 aromatic rings. The molecule has 0 spiro atoms. The van der Waals surface area contributed by atoms with Crippen molar-refractivity contribution in [2.75, 3.05) is 19.4 Å². The third-order valence-corrected chi connectivity index (χ3v) is 3.73. The molecule has 0 bridgehead atoms. The van der Waals surface area contributed by atoms with Crippen LogP contribution in [-0.2, 0) is 0 Å². The van der Waals surface area contributed by atoms with Crippen LogP contribution in [0.2, 0.25) is 0 Å². The Morgan fingerprint density at radius 2 is 1.50 bits per heavy atom. The maximum absolute atomic E-state index is 13.4. The van der Waals surface area contributed by atoms with Crippen LogP contribution in [0.3, 0.4) is 0 Å². The number of carbonyl (C=O) groups is 2. The lowest BCUT2D eigenvalue weighted by molar-refractivity contribution is 0.0953. The van der Waals surface area contributed by atoms with E-state index in [0.717, 1.165) is 12.1 Å². The molecule has 0 aromatic heterocycles. The first kappa shape index (κ1) is 15.9. The van der Waals surface area contributed by atoms with Crippen molar-refractivity contribution in [2.24, 2.45) is 0 Å². The fourth-order valence-electron chi connectivity index (χ4n) is 2.62. The average Bonchev–Trinajstić information content (AvgIpc) is 2.55. The molecule has 6 heteroatoms. The first-order valence-corrected chi connectivity index (χ1v) is 7.22. The molecule has 0 amide bonds. The summed E-state index contributed by atoms with van der Waals surface area (Å²) in [5.74, 6) is -2.71. The number of allylic oxidation sites excluding steroid dienone is 2. The van der Waals surface area contributed by atoms with Crippen LogP contribution >= 0.6 is 0 Å². The van der Waals surface area contributed by atoms with E-state index in [1.165, 1.54) is 11.0 Å². The maximum Gasteiger partial charge on any atom is 0.212 e. The van der Waals surface area contributed by atoms with Crippen LogP contribution < -0.4 is 5.32 Å². The molecule has 0 atom stereocenters. The van der Waals surface area contributed by atoms with Crippen LogP contribution in [0, 0.1) is 11.6 Å². The number of halogens is 2. The Bertz CT molecular complexity index is 888. The summed E-state index contributed by atoms with van der Waals surface area (Å²) < 4.78 is 26.5. The highest BCUT2D eigenvalue weighted by Crippen LogP contribution is 2.28. The van der Waals surface area contributed by atoms with Gasteiger partial charge < -0.3 is 10.2 Å². The third-order valence-electron chi connectivity index (χ3n) is 3.73. The van der Waals surface area contributed by atoms with Gasteiger partial charge in [0.2, 0.25) is 11.6 Å². The van der Waals surface area contributed by atoms with Gasteiger partial charge in [-0.3, -0.25) is 9.59 Å². The normalized spacial score (nSPS) is 13.8. The van der Waals surface area contributed by atoms with Crippen molar-refractivity contribution >= 4 is 17.3 Å². The molecule has 0 saturated heterocycles. The second kappa shape index (κ2) is 5.88. The van der Waals surface area contributed by atoms with Crippen LogP contribution in [0.5, 0.6) is 0 Å². The van der Waals surface area contributed by atoms with Gasteiger partial charge in [-0.25, -0.2) is 8.78 Å². The van der Waals surface area contributed by atoms with Gasteiger partial charge in [0.25, 0.3) is 0 Å². The van der Waals surface area contributed by atoms with Gasteiger partial charge in [0.1, 0.15) is 11.4 Å². The summed E-state index contributed by atoms with van der Waals surface area (Å²) in [6.45, 7) is 0. The van der Waals surface area contributed by atoms with Gasteiger partial charge in [-0.05, 0) is 12.1 Å². The molecule has 4 nitrogen and oxygen atoms in total. The molecule has 1 aliphatic carbocycles. The Morgan fingerprint density at radius 1 is 0.875 bits per heavy atom. The highest BCUT2D eigenvalue weighted by molar-refractivity contribution is 6.27. The Labute approximate surface area is 137 Å². The number of nitrogens with zero attached hydrogens (tertiary/aromatic N) is 1. The van der Waals surface area contributed by atoms with E-state index >= 15 is 0 Å². The summed E-state index contributed by atoms with van der Waals surface area (Å²) in [5, 5.41) is 2.76. The largest absolute Gasteiger partial charge is 0.373 e. The molecule has 3 rings (SSSR count). The fraction of sp³-hybridized carbons (Fsp3) is 0.111. The van der Waals surface area contributed by atoms with E-state index in [1.807, 2.05) is 0 Å². The SMILES string of the molecule is CN(C)C1=C(Nc2ccc(F)c(F)c2)C(=O)c2ccccc2C1=O. The van der Waals surface area contributed by atoms with Gasteiger partial charge >= 0.3 is 0 Å². The Morgan fingerprint density at radius 3 is 2.08 bits per heavy atom. The van der Waals surface area contributed by atoms with E-state index in [2.05, 4.69) is 5.32 Å². The minimum atomic E-state index is -1.04. The molecule has 0 heterocycles. The summed E-state index contributed by atoms with van der Waals surface area (Å²) in [5.41, 5.74) is 0.988. The first-order valence-electron chi connectivity index (χ1n) is 7.22. The van der Waals surface area contributed by atoms with Crippen LogP contribution in [0.1, 0.15) is 20.7 Å². The first-order chi connectivity index (χ1) is 11.4. The summed E-state index contributed by atoms with van der Waals surface area (Å²) in [7, 11) is 3.28. The minimum absolute atomic E-state index is 0.0368. The Kier molecular flexibility index (Phi) is 3.89. The molecule has 122 valence electrons. The smallest absolute Gasteiger partial charge is 0.212 e. The number of hydrogen-bond donors (Lipinski definition) is 1. The van der Waals surface area contributed by atoms with Gasteiger partial charge in [0.05, 0.1) is 0 Å². The van der Waals surface area contributed by atoms with Crippen molar-refractivity contribution < 1.29 is 18.4 Å². The van der Waals surface area contributed by atoms with Crippen molar-refractivity contribution in [3.8, 4) is 0 Å². The van der Waals surface area contributed by atoms with Gasteiger partial charge in [0, 0.05) is 37.0 Å². The van der Waals surface area contributed by atoms with E-state index in [-0.39, 0.29) is 34.2 Å². The maximum atomic E-state index is 13.4. The predicted octanol–water partition coefficient (Wildman–Crippen LogP) is 3.23. The topological polar surface area (TPSA) is 49.4 Å². The molecular weight excluding hydrogens is 314 g/mol. The number of fused-ring (bicyclic) bond motifs is 1. The monoisotopic (exact) mass is 328 g/mol. The van der Waals surface area contributed by atoms with Crippen molar-refractivity contribution in [3.05, 3.63) is 76.6 Å². The molecule has 0 unspecified atom stereocenters. The number of Topliss-reactive ketones (excluding diaryl/α,β-unsaturated/α-hetero) is 2. The summed E-state index contributed by atoms with van der Waals surface area (Å²) in [6, 6.07) is 9.70. The van der Waals surface area contributed by atoms with E-state index in [4.69, 9.17) is 0 Å². The summed E-state index contributed by atoms with van der Waals surface area (Å²) in [4.78, 5) is 27.0. The highest BCUT2D eigenvalue weighted by atomic mass is 19.2. The second-order valence-electron chi connectivity index (χ2n) is 5.58. The summed E-state index contributed by atoms with van der Waals surface area (Å²) >= 11 is 0. The number of benzene rings is 2. The van der Waals surface area contributed by atoms with Crippen molar-refractivity contribution in [1.29, 1.82) is 0 Å². The van der Waals surface area contributed by atoms with Gasteiger partial charge in [-0.1, -0.05) is 24.3 Å². The van der Waals surface area contributed by atoms with Crippen molar-refractivity contribution in [2.45, 2.75) is 0 Å². The zero-order valence-electron chi connectivity index (χ0n) is 13.1. The number of anilines is 1. The lowest BCUT2D eigenvalue weighted by Crippen LogP contribution is -2.32. The standard InChI is InChI=1S/C18H14F2N2O2/c1-22(2)16-15(21-10-7-8-13(19)14(20)9-10)17(23)11-5-3-4-6-12(11)18(16)24/h3-9,21H,1-2H3. The zero-order chi connectivity index (χ0) is 17.4. The van der Waals surface area contributed by atoms with Crippen molar-refractivity contribution in [1.82, 2.24) is 4.90 Å². The van der Waals surface area contributed by atoms with E-state index in [1.54, 1.807) is 38.4 Å². The Balaban J connectivity index is 2.11. The quantitative estimate of drug-likeness (QED) is 0.940. The summed E-state index contributed by atoms with van der Waals surface area (Å²) in [6.07, 6.45) is 0. The van der Waals surface area contributed by atoms with Gasteiger partial charge in [-0.15, -0.1) is 0 Å². The molecule has 24 heavy (non-hydrogen) atoms. The van der Waals surface area contributed by atoms with Crippen LogP contribution in [0.4, 0.5) is 14.5 Å². The number of ketones is 2. The molecule has 2 aromatic carbocycles. The van der Waals surface area contributed by atoms with Crippen LogP contribution in [0.25, 0.3) is 0 Å². The van der Waals surface area contributed by atoms with Crippen molar-refractivity contribution in [3.63, 3.8) is 0 Å². The fourth-order valence-corrected chi connectivity index (χ4v) is 2.62. The third kappa shape index (κ3) is 2.56. The van der Waals surface area contributed by atoms with Crippen LogP contribution in [0.15, 0.2) is 53.9 Å². The molecule has 0 fully saturated rings.